The Morgan fingerprint density at radius 2 is 2.17 bits per heavy atom. The first-order chi connectivity index (χ1) is 8.51. The summed E-state index contributed by atoms with van der Waals surface area (Å²) >= 11 is 0. The van der Waals surface area contributed by atoms with E-state index in [2.05, 4.69) is 4.98 Å². The number of nitrogens with two attached hydrogens (primary N) is 1. The standard InChI is InChI=1S/C14H22N2O2/c1-9(5-6-15)13(17)7-12-11(3)14(18-4)10(2)8-16-12/h8-9H,5-7,15H2,1-4H3. The minimum Gasteiger partial charge on any atom is -0.496 e. The number of aromatic nitrogens is 1. The highest BCUT2D eigenvalue weighted by Gasteiger charge is 2.16. The highest BCUT2D eigenvalue weighted by molar-refractivity contribution is 5.83. The number of aryl methyl sites for hydroxylation is 1. The van der Waals surface area contributed by atoms with Crippen LogP contribution in [0.4, 0.5) is 0 Å². The maximum Gasteiger partial charge on any atom is 0.141 e. The number of nitrogens with zero attached hydrogens (tertiary/aromatic N) is 1. The number of ketones is 1. The average Bonchev–Trinajstić information content (AvgIpc) is 2.33. The smallest absolute Gasteiger partial charge is 0.141 e. The van der Waals surface area contributed by atoms with Gasteiger partial charge in [-0.25, -0.2) is 0 Å². The lowest BCUT2D eigenvalue weighted by atomic mass is 9.97. The molecule has 1 atom stereocenters. The van der Waals surface area contributed by atoms with Crippen LogP contribution in [0.25, 0.3) is 0 Å². The summed E-state index contributed by atoms with van der Waals surface area (Å²) in [4.78, 5) is 16.3. The molecule has 0 bridgehead atoms. The Morgan fingerprint density at radius 1 is 1.50 bits per heavy atom. The third-order valence-corrected chi connectivity index (χ3v) is 3.24. The normalized spacial score (nSPS) is 12.3. The molecule has 0 fully saturated rings. The van der Waals surface area contributed by atoms with Crippen LogP contribution in [0.1, 0.15) is 30.2 Å². The van der Waals surface area contributed by atoms with Gasteiger partial charge in [0.05, 0.1) is 12.8 Å². The second kappa shape index (κ2) is 6.50. The zero-order valence-corrected chi connectivity index (χ0v) is 11.6. The number of Topliss-reactive ketones (excluding diaryl/α,β-unsaturated/α-hetero) is 1. The van der Waals surface area contributed by atoms with E-state index in [1.54, 1.807) is 13.3 Å². The zero-order valence-electron chi connectivity index (χ0n) is 11.6. The van der Waals surface area contributed by atoms with Gasteiger partial charge in [-0.3, -0.25) is 9.78 Å². The molecular formula is C14H22N2O2. The van der Waals surface area contributed by atoms with Crippen LogP contribution in [-0.2, 0) is 11.2 Å². The van der Waals surface area contributed by atoms with Gasteiger partial charge in [0.15, 0.2) is 0 Å². The van der Waals surface area contributed by atoms with Crippen LogP contribution in [-0.4, -0.2) is 24.4 Å². The number of carbonyl (C=O) groups is 1. The minimum absolute atomic E-state index is 0.0107. The van der Waals surface area contributed by atoms with Gasteiger partial charge in [-0.15, -0.1) is 0 Å². The lowest BCUT2D eigenvalue weighted by Crippen LogP contribution is -2.18. The van der Waals surface area contributed by atoms with Crippen molar-refractivity contribution < 1.29 is 9.53 Å². The van der Waals surface area contributed by atoms with Gasteiger partial charge in [-0.05, 0) is 26.8 Å². The first-order valence-corrected chi connectivity index (χ1v) is 6.23. The van der Waals surface area contributed by atoms with Crippen molar-refractivity contribution >= 4 is 5.78 Å². The summed E-state index contributed by atoms with van der Waals surface area (Å²) in [7, 11) is 1.64. The molecule has 4 heteroatoms. The number of methoxy groups -OCH3 is 1. The first kappa shape index (κ1) is 14.6. The van der Waals surface area contributed by atoms with E-state index in [0.717, 1.165) is 29.0 Å². The predicted octanol–water partition coefficient (Wildman–Crippen LogP) is 1.80. The Balaban J connectivity index is 2.89. The van der Waals surface area contributed by atoms with Crippen molar-refractivity contribution in [3.63, 3.8) is 0 Å². The largest absolute Gasteiger partial charge is 0.496 e. The van der Waals surface area contributed by atoms with Crippen molar-refractivity contribution in [2.75, 3.05) is 13.7 Å². The van der Waals surface area contributed by atoms with Crippen molar-refractivity contribution in [1.82, 2.24) is 4.98 Å². The maximum absolute atomic E-state index is 12.0. The lowest BCUT2D eigenvalue weighted by molar-refractivity contribution is -0.121. The first-order valence-electron chi connectivity index (χ1n) is 6.23. The fourth-order valence-corrected chi connectivity index (χ4v) is 2.00. The number of ether oxygens (including phenoxy) is 1. The van der Waals surface area contributed by atoms with Gasteiger partial charge in [0, 0.05) is 29.7 Å². The zero-order chi connectivity index (χ0) is 13.7. The molecule has 2 N–H and O–H groups in total. The van der Waals surface area contributed by atoms with Crippen molar-refractivity contribution in [1.29, 1.82) is 0 Å². The molecule has 1 rings (SSSR count). The van der Waals surface area contributed by atoms with Crippen LogP contribution >= 0.6 is 0 Å². The Morgan fingerprint density at radius 3 is 2.72 bits per heavy atom. The quantitative estimate of drug-likeness (QED) is 0.836. The maximum atomic E-state index is 12.0. The van der Waals surface area contributed by atoms with Crippen molar-refractivity contribution in [3.8, 4) is 5.75 Å². The molecule has 0 aromatic carbocycles. The van der Waals surface area contributed by atoms with E-state index in [1.807, 2.05) is 20.8 Å². The fraction of sp³-hybridized carbons (Fsp3) is 0.571. The third-order valence-electron chi connectivity index (χ3n) is 3.24. The molecule has 0 spiro atoms. The molecular weight excluding hydrogens is 228 g/mol. The molecule has 1 unspecified atom stereocenters. The van der Waals surface area contributed by atoms with E-state index in [0.29, 0.717) is 13.0 Å². The Kier molecular flexibility index (Phi) is 5.28. The van der Waals surface area contributed by atoms with Crippen LogP contribution in [0, 0.1) is 19.8 Å². The number of hydrogen-bond acceptors (Lipinski definition) is 4. The Labute approximate surface area is 109 Å². The Bertz CT molecular complexity index is 430. The molecule has 100 valence electrons. The molecule has 1 heterocycles. The van der Waals surface area contributed by atoms with Crippen molar-refractivity contribution in [3.05, 3.63) is 23.0 Å². The second-order valence-electron chi connectivity index (χ2n) is 4.67. The topological polar surface area (TPSA) is 65.2 Å². The molecule has 0 saturated heterocycles. The van der Waals surface area contributed by atoms with E-state index in [-0.39, 0.29) is 11.7 Å². The SMILES string of the molecule is COc1c(C)cnc(CC(=O)C(C)CCN)c1C. The molecule has 0 radical (unpaired) electrons. The van der Waals surface area contributed by atoms with Gasteiger partial charge < -0.3 is 10.5 Å². The van der Waals surface area contributed by atoms with Gasteiger partial charge in [0.1, 0.15) is 11.5 Å². The monoisotopic (exact) mass is 250 g/mol. The molecule has 0 amide bonds. The van der Waals surface area contributed by atoms with E-state index in [1.165, 1.54) is 0 Å². The van der Waals surface area contributed by atoms with Gasteiger partial charge in [0.25, 0.3) is 0 Å². The number of rotatable bonds is 6. The summed E-state index contributed by atoms with van der Waals surface area (Å²) in [6, 6.07) is 0. The summed E-state index contributed by atoms with van der Waals surface area (Å²) in [5, 5.41) is 0. The predicted molar refractivity (Wildman–Crippen MR) is 71.8 cm³/mol. The van der Waals surface area contributed by atoms with Crippen molar-refractivity contribution in [2.24, 2.45) is 11.7 Å². The number of carbonyl (C=O) groups excluding carboxylic acids is 1. The van der Waals surface area contributed by atoms with Gasteiger partial charge in [0.2, 0.25) is 0 Å². The highest BCUT2D eigenvalue weighted by atomic mass is 16.5. The molecule has 1 aromatic heterocycles. The molecule has 4 nitrogen and oxygen atoms in total. The summed E-state index contributed by atoms with van der Waals surface area (Å²) in [6.45, 7) is 6.34. The van der Waals surface area contributed by atoms with Gasteiger partial charge in [-0.1, -0.05) is 6.92 Å². The molecule has 0 aliphatic heterocycles. The van der Waals surface area contributed by atoms with E-state index >= 15 is 0 Å². The molecule has 0 aliphatic carbocycles. The molecule has 0 aliphatic rings. The summed E-state index contributed by atoms with van der Waals surface area (Å²) in [5.74, 6) is 0.990. The van der Waals surface area contributed by atoms with E-state index in [9.17, 15) is 4.79 Å². The molecule has 1 aromatic rings. The van der Waals surface area contributed by atoms with Crippen LogP contribution in [0.3, 0.4) is 0 Å². The van der Waals surface area contributed by atoms with Crippen LogP contribution in [0.15, 0.2) is 6.20 Å². The third kappa shape index (κ3) is 3.29. The van der Waals surface area contributed by atoms with Crippen LogP contribution in [0.5, 0.6) is 5.75 Å². The molecule has 18 heavy (non-hydrogen) atoms. The number of hydrogen-bond donors (Lipinski definition) is 1. The lowest BCUT2D eigenvalue weighted by Gasteiger charge is -2.13. The molecule has 0 saturated carbocycles. The van der Waals surface area contributed by atoms with Crippen LogP contribution in [0.2, 0.25) is 0 Å². The second-order valence-corrected chi connectivity index (χ2v) is 4.67. The van der Waals surface area contributed by atoms with E-state index < -0.39 is 0 Å². The van der Waals surface area contributed by atoms with Gasteiger partial charge >= 0.3 is 0 Å². The average molecular weight is 250 g/mol. The summed E-state index contributed by atoms with van der Waals surface area (Å²) in [6.07, 6.45) is 2.83. The van der Waals surface area contributed by atoms with Crippen LogP contribution < -0.4 is 10.5 Å². The fourth-order valence-electron chi connectivity index (χ4n) is 2.00. The van der Waals surface area contributed by atoms with E-state index in [4.69, 9.17) is 10.5 Å². The van der Waals surface area contributed by atoms with Crippen molar-refractivity contribution in [2.45, 2.75) is 33.6 Å². The number of pyridine rings is 1. The summed E-state index contributed by atoms with van der Waals surface area (Å²) < 4.78 is 5.33. The Hall–Kier alpha value is -1.42. The highest BCUT2D eigenvalue weighted by Crippen LogP contribution is 2.24. The minimum atomic E-state index is -0.0107. The summed E-state index contributed by atoms with van der Waals surface area (Å²) in [5.41, 5.74) is 8.20. The van der Waals surface area contributed by atoms with Gasteiger partial charge in [-0.2, -0.15) is 0 Å².